The predicted octanol–water partition coefficient (Wildman–Crippen LogP) is 4.49. The highest BCUT2D eigenvalue weighted by Gasteiger charge is 2.32. The van der Waals surface area contributed by atoms with Crippen LogP contribution in [-0.2, 0) is 14.6 Å². The average Bonchev–Trinajstić information content (AvgIpc) is 2.75. The number of carbonyl (C=O) groups is 2. The summed E-state index contributed by atoms with van der Waals surface area (Å²) in [6.07, 6.45) is 4.67. The molecule has 0 fully saturated rings. The third-order valence-electron chi connectivity index (χ3n) is 4.61. The van der Waals surface area contributed by atoms with E-state index in [1.54, 1.807) is 30.5 Å². The summed E-state index contributed by atoms with van der Waals surface area (Å²) in [5.74, 6) is -0.814. The first-order valence-corrected chi connectivity index (χ1v) is 11.8. The third kappa shape index (κ3) is 4.77. The van der Waals surface area contributed by atoms with E-state index >= 15 is 0 Å². The molecule has 0 aliphatic heterocycles. The molecule has 166 valence electrons. The van der Waals surface area contributed by atoms with Gasteiger partial charge in [-0.05, 0) is 48.1 Å². The maximum Gasteiger partial charge on any atom is 0.421 e. The number of sulfone groups is 1. The first-order valence-electron chi connectivity index (χ1n) is 9.14. The number of imide groups is 1. The smallest absolute Gasteiger partial charge is 0.421 e. The Morgan fingerprint density at radius 2 is 1.91 bits per heavy atom. The summed E-state index contributed by atoms with van der Waals surface area (Å²) in [4.78, 5) is 30.9. The highest BCUT2D eigenvalue weighted by atomic mass is 35.5. The molecule has 0 N–H and O–H groups in total. The van der Waals surface area contributed by atoms with Crippen LogP contribution in [0.1, 0.15) is 16.1 Å². The predicted molar refractivity (Wildman–Crippen MR) is 122 cm³/mol. The van der Waals surface area contributed by atoms with E-state index in [0.29, 0.717) is 16.8 Å². The van der Waals surface area contributed by atoms with Crippen LogP contribution in [0, 0.1) is 0 Å². The summed E-state index contributed by atoms with van der Waals surface area (Å²) >= 11 is 12.7. The van der Waals surface area contributed by atoms with Gasteiger partial charge in [0.25, 0.3) is 5.91 Å². The van der Waals surface area contributed by atoms with Crippen LogP contribution in [0.2, 0.25) is 5.02 Å². The molecular weight excluding hydrogens is 475 g/mol. The van der Waals surface area contributed by atoms with Crippen molar-refractivity contribution in [3.63, 3.8) is 0 Å². The van der Waals surface area contributed by atoms with Gasteiger partial charge in [-0.15, -0.1) is 11.6 Å². The van der Waals surface area contributed by atoms with Crippen molar-refractivity contribution in [2.24, 2.45) is 0 Å². The molecule has 0 saturated heterocycles. The Morgan fingerprint density at radius 1 is 1.19 bits per heavy atom. The summed E-state index contributed by atoms with van der Waals surface area (Å²) in [5, 5.41) is -0.757. The van der Waals surface area contributed by atoms with Crippen molar-refractivity contribution in [3.05, 3.63) is 88.9 Å². The normalized spacial score (nSPS) is 16.1. The molecule has 1 aromatic heterocycles. The lowest BCUT2D eigenvalue weighted by Crippen LogP contribution is -2.37. The Kier molecular flexibility index (Phi) is 6.88. The number of halogens is 2. The summed E-state index contributed by atoms with van der Waals surface area (Å²) in [5.41, 5.74) is 1.58. The second-order valence-corrected chi connectivity index (χ2v) is 9.71. The van der Waals surface area contributed by atoms with Crippen LogP contribution in [0.15, 0.2) is 77.5 Å². The van der Waals surface area contributed by atoms with Gasteiger partial charge in [0.2, 0.25) is 0 Å². The van der Waals surface area contributed by atoms with Gasteiger partial charge in [0, 0.05) is 18.0 Å². The molecule has 0 radical (unpaired) electrons. The molecule has 0 spiro atoms. The lowest BCUT2D eigenvalue weighted by Gasteiger charge is -2.27. The monoisotopic (exact) mass is 492 g/mol. The van der Waals surface area contributed by atoms with E-state index in [9.17, 15) is 18.0 Å². The molecule has 32 heavy (non-hydrogen) atoms. The summed E-state index contributed by atoms with van der Waals surface area (Å²) in [6, 6.07) is 8.89. The fourth-order valence-corrected chi connectivity index (χ4v) is 4.23. The molecule has 7 nitrogen and oxygen atoms in total. The minimum absolute atomic E-state index is 0.0590. The Hall–Kier alpha value is -2.94. The number of rotatable bonds is 4. The minimum atomic E-state index is -3.54. The molecular formula is C22H18Cl2N2O5S. The minimum Gasteiger partial charge on any atom is -0.452 e. The highest BCUT2D eigenvalue weighted by molar-refractivity contribution is 7.90. The fourth-order valence-electron chi connectivity index (χ4n) is 3.02. The number of amides is 2. The maximum absolute atomic E-state index is 13.3. The number of hydrogen-bond acceptors (Lipinski definition) is 6. The number of benzene rings is 1. The van der Waals surface area contributed by atoms with Crippen molar-refractivity contribution < 1.29 is 22.7 Å². The molecule has 1 heterocycles. The van der Waals surface area contributed by atoms with E-state index in [2.05, 4.69) is 11.6 Å². The summed E-state index contributed by atoms with van der Waals surface area (Å²) < 4.78 is 28.3. The Morgan fingerprint density at radius 3 is 2.47 bits per heavy atom. The van der Waals surface area contributed by atoms with Crippen molar-refractivity contribution in [2.75, 3.05) is 13.4 Å². The molecule has 1 aliphatic carbocycles. The van der Waals surface area contributed by atoms with Gasteiger partial charge in [0.1, 0.15) is 0 Å². The number of allylic oxidation sites excluding steroid dienone is 4. The Bertz CT molecular complexity index is 1270. The van der Waals surface area contributed by atoms with Crippen molar-refractivity contribution in [1.82, 2.24) is 9.88 Å². The lowest BCUT2D eigenvalue weighted by molar-refractivity contribution is 0.0769. The van der Waals surface area contributed by atoms with Crippen LogP contribution < -0.4 is 0 Å². The highest BCUT2D eigenvalue weighted by Crippen LogP contribution is 2.34. The molecule has 2 amide bonds. The average molecular weight is 493 g/mol. The standard InChI is InChI=1S/C22H18Cl2N2O5S/c1-13-10-14(11-17(20(13)24)19-6-4-5-9-25-19)26(22(28)31-2)21(27)16-8-7-15(12-18(16)23)32(3,29)30/h4-12,20H,1H2,2-3H3. The first-order chi connectivity index (χ1) is 15.0. The number of carbonyl (C=O) groups excluding carboxylic acids is 2. The number of aromatic nitrogens is 1. The number of ether oxygens (including phenoxy) is 1. The Balaban J connectivity index is 2.10. The number of nitrogens with zero attached hydrogens (tertiary/aromatic N) is 2. The molecule has 1 unspecified atom stereocenters. The number of alkyl halides is 1. The molecule has 10 heteroatoms. The second kappa shape index (κ2) is 9.28. The van der Waals surface area contributed by atoms with Gasteiger partial charge in [-0.3, -0.25) is 9.78 Å². The van der Waals surface area contributed by atoms with E-state index < -0.39 is 27.2 Å². The zero-order valence-corrected chi connectivity index (χ0v) is 19.4. The van der Waals surface area contributed by atoms with Crippen LogP contribution in [0.4, 0.5) is 4.79 Å². The van der Waals surface area contributed by atoms with Crippen LogP contribution in [0.5, 0.6) is 0 Å². The SMILES string of the molecule is C=C1C=C(N(C(=O)OC)C(=O)c2ccc(S(C)(=O)=O)cc2Cl)C=C(c2ccccn2)C1Cl. The van der Waals surface area contributed by atoms with E-state index in [1.807, 2.05) is 0 Å². The van der Waals surface area contributed by atoms with Crippen molar-refractivity contribution >= 4 is 50.6 Å². The van der Waals surface area contributed by atoms with E-state index in [-0.39, 0.29) is 21.2 Å². The largest absolute Gasteiger partial charge is 0.452 e. The van der Waals surface area contributed by atoms with Crippen LogP contribution >= 0.6 is 23.2 Å². The van der Waals surface area contributed by atoms with Gasteiger partial charge >= 0.3 is 6.09 Å². The van der Waals surface area contributed by atoms with Gasteiger partial charge in [0.05, 0.1) is 39.4 Å². The van der Waals surface area contributed by atoms with E-state index in [1.165, 1.54) is 18.2 Å². The number of hydrogen-bond donors (Lipinski definition) is 0. The van der Waals surface area contributed by atoms with Gasteiger partial charge < -0.3 is 4.74 Å². The molecule has 1 atom stereocenters. The van der Waals surface area contributed by atoms with E-state index in [0.717, 1.165) is 24.3 Å². The first kappa shape index (κ1) is 23.7. The molecule has 2 aromatic rings. The quantitative estimate of drug-likeness (QED) is 0.583. The molecule has 0 bridgehead atoms. The van der Waals surface area contributed by atoms with Crippen molar-refractivity contribution in [1.29, 1.82) is 0 Å². The second-order valence-electron chi connectivity index (χ2n) is 6.85. The number of methoxy groups -OCH3 is 1. The van der Waals surface area contributed by atoms with Crippen LogP contribution in [-0.4, -0.2) is 49.0 Å². The molecule has 3 rings (SSSR count). The Labute approximate surface area is 195 Å². The van der Waals surface area contributed by atoms with Gasteiger partial charge in [-0.25, -0.2) is 18.1 Å². The van der Waals surface area contributed by atoms with Gasteiger partial charge in [-0.1, -0.05) is 24.2 Å². The topological polar surface area (TPSA) is 93.6 Å². The molecule has 1 aliphatic rings. The van der Waals surface area contributed by atoms with Gasteiger partial charge in [-0.2, -0.15) is 0 Å². The number of pyridine rings is 1. The van der Waals surface area contributed by atoms with Gasteiger partial charge in [0.15, 0.2) is 9.84 Å². The third-order valence-corrected chi connectivity index (χ3v) is 6.55. The van der Waals surface area contributed by atoms with Crippen LogP contribution in [0.25, 0.3) is 5.57 Å². The van der Waals surface area contributed by atoms with Crippen molar-refractivity contribution in [3.8, 4) is 0 Å². The van der Waals surface area contributed by atoms with Crippen LogP contribution in [0.3, 0.4) is 0 Å². The van der Waals surface area contributed by atoms with E-state index in [4.69, 9.17) is 27.9 Å². The van der Waals surface area contributed by atoms with Crippen molar-refractivity contribution in [2.45, 2.75) is 10.3 Å². The fraction of sp³-hybridized carbons (Fsp3) is 0.136. The maximum atomic E-state index is 13.3. The lowest BCUT2D eigenvalue weighted by atomic mass is 9.95. The zero-order valence-electron chi connectivity index (χ0n) is 17.1. The molecule has 0 saturated carbocycles. The summed E-state index contributed by atoms with van der Waals surface area (Å²) in [7, 11) is -2.41. The molecule has 1 aromatic carbocycles. The zero-order chi connectivity index (χ0) is 23.6. The summed E-state index contributed by atoms with van der Waals surface area (Å²) in [6.45, 7) is 3.92.